The van der Waals surface area contributed by atoms with Gasteiger partial charge in [0.05, 0.1) is 6.61 Å². The van der Waals surface area contributed by atoms with Crippen molar-refractivity contribution in [2.24, 2.45) is 5.92 Å². The molecule has 0 unspecified atom stereocenters. The van der Waals surface area contributed by atoms with E-state index in [2.05, 4.69) is 44.4 Å². The van der Waals surface area contributed by atoms with Gasteiger partial charge in [0.1, 0.15) is 0 Å². The van der Waals surface area contributed by atoms with E-state index in [-0.39, 0.29) is 5.91 Å². The van der Waals surface area contributed by atoms with Crippen LogP contribution >= 0.6 is 0 Å². The van der Waals surface area contributed by atoms with E-state index in [0.29, 0.717) is 5.92 Å². The lowest BCUT2D eigenvalue weighted by Gasteiger charge is -2.35. The normalized spacial score (nSPS) is 15.4. The van der Waals surface area contributed by atoms with E-state index < -0.39 is 0 Å². The van der Waals surface area contributed by atoms with Crippen LogP contribution in [0.2, 0.25) is 0 Å². The Morgan fingerprint density at radius 2 is 1.73 bits per heavy atom. The monoisotopic (exact) mass is 410 g/mol. The van der Waals surface area contributed by atoms with Crippen LogP contribution in [0.3, 0.4) is 0 Å². The van der Waals surface area contributed by atoms with Gasteiger partial charge in [0.25, 0.3) is 0 Å². The van der Waals surface area contributed by atoms with E-state index in [0.717, 1.165) is 51.6 Å². The molecule has 1 N–H and O–H groups in total. The SMILES string of the molecule is COCCN1CCC(CN(Cc2ccncc2)Cc2ccc(NC(C)=O)cc2)CC1. The minimum Gasteiger partial charge on any atom is -0.383 e. The second-order valence-electron chi connectivity index (χ2n) is 8.18. The van der Waals surface area contributed by atoms with Gasteiger partial charge in [-0.1, -0.05) is 12.1 Å². The second-order valence-corrected chi connectivity index (χ2v) is 8.18. The van der Waals surface area contributed by atoms with Crippen molar-refractivity contribution < 1.29 is 9.53 Å². The van der Waals surface area contributed by atoms with E-state index in [1.165, 1.54) is 30.9 Å². The fourth-order valence-corrected chi connectivity index (χ4v) is 4.06. The first kappa shape index (κ1) is 22.4. The molecule has 6 heteroatoms. The number of ether oxygens (including phenoxy) is 1. The summed E-state index contributed by atoms with van der Waals surface area (Å²) in [6.45, 7) is 8.59. The molecule has 0 radical (unpaired) electrons. The number of aromatic nitrogens is 1. The van der Waals surface area contributed by atoms with Crippen molar-refractivity contribution in [1.29, 1.82) is 0 Å². The van der Waals surface area contributed by atoms with Crippen LogP contribution in [0.25, 0.3) is 0 Å². The van der Waals surface area contributed by atoms with E-state index in [9.17, 15) is 4.79 Å². The number of piperidine rings is 1. The van der Waals surface area contributed by atoms with Crippen molar-refractivity contribution in [3.8, 4) is 0 Å². The Hall–Kier alpha value is -2.28. The summed E-state index contributed by atoms with van der Waals surface area (Å²) >= 11 is 0. The van der Waals surface area contributed by atoms with Crippen LogP contribution in [-0.4, -0.2) is 60.6 Å². The molecule has 0 bridgehead atoms. The summed E-state index contributed by atoms with van der Waals surface area (Å²) in [6.07, 6.45) is 6.20. The smallest absolute Gasteiger partial charge is 0.221 e. The Labute approximate surface area is 180 Å². The number of hydrogen-bond donors (Lipinski definition) is 1. The molecule has 1 aromatic heterocycles. The van der Waals surface area contributed by atoms with Gasteiger partial charge < -0.3 is 15.0 Å². The Morgan fingerprint density at radius 3 is 2.33 bits per heavy atom. The topological polar surface area (TPSA) is 57.7 Å². The summed E-state index contributed by atoms with van der Waals surface area (Å²) in [6, 6.07) is 12.4. The average Bonchev–Trinajstić information content (AvgIpc) is 2.75. The number of benzene rings is 1. The van der Waals surface area contributed by atoms with E-state index in [4.69, 9.17) is 4.74 Å². The van der Waals surface area contributed by atoms with Gasteiger partial charge in [0.15, 0.2) is 0 Å². The number of amides is 1. The number of nitrogens with one attached hydrogen (secondary N) is 1. The number of hydrogen-bond acceptors (Lipinski definition) is 5. The standard InChI is InChI=1S/C24H34N4O2/c1-20(29)26-24-5-3-21(4-6-24)17-28(18-22-7-11-25-12-8-22)19-23-9-13-27(14-10-23)15-16-30-2/h3-8,11-12,23H,9-10,13-19H2,1-2H3,(H,26,29). The molecule has 2 heterocycles. The quantitative estimate of drug-likeness (QED) is 0.651. The van der Waals surface area contributed by atoms with Crippen LogP contribution in [0.1, 0.15) is 30.9 Å². The zero-order chi connectivity index (χ0) is 21.2. The highest BCUT2D eigenvalue weighted by atomic mass is 16.5. The van der Waals surface area contributed by atoms with Gasteiger partial charge in [-0.05, 0) is 67.2 Å². The lowest BCUT2D eigenvalue weighted by Crippen LogP contribution is -2.39. The largest absolute Gasteiger partial charge is 0.383 e. The van der Waals surface area contributed by atoms with Crippen molar-refractivity contribution in [1.82, 2.24) is 14.8 Å². The van der Waals surface area contributed by atoms with Crippen LogP contribution in [0.4, 0.5) is 5.69 Å². The third-order valence-electron chi connectivity index (χ3n) is 5.67. The van der Waals surface area contributed by atoms with Crippen LogP contribution in [0, 0.1) is 5.92 Å². The van der Waals surface area contributed by atoms with Crippen molar-refractivity contribution in [3.05, 3.63) is 59.9 Å². The number of anilines is 1. The molecule has 1 fully saturated rings. The maximum atomic E-state index is 11.2. The van der Waals surface area contributed by atoms with Gasteiger partial charge in [-0.3, -0.25) is 14.7 Å². The number of likely N-dealkylation sites (tertiary alicyclic amines) is 1. The number of carbonyl (C=O) groups is 1. The zero-order valence-corrected chi connectivity index (χ0v) is 18.2. The van der Waals surface area contributed by atoms with Crippen molar-refractivity contribution in [2.45, 2.75) is 32.9 Å². The molecule has 1 amide bonds. The molecule has 0 spiro atoms. The summed E-state index contributed by atoms with van der Waals surface area (Å²) in [5.41, 5.74) is 3.39. The summed E-state index contributed by atoms with van der Waals surface area (Å²) in [5.74, 6) is 0.670. The second kappa shape index (κ2) is 11.8. The molecule has 1 saturated heterocycles. The summed E-state index contributed by atoms with van der Waals surface area (Å²) in [4.78, 5) is 20.4. The lowest BCUT2D eigenvalue weighted by molar-refractivity contribution is -0.114. The summed E-state index contributed by atoms with van der Waals surface area (Å²) in [5, 5.41) is 2.84. The van der Waals surface area contributed by atoms with Gasteiger partial charge in [-0.15, -0.1) is 0 Å². The number of nitrogens with zero attached hydrogens (tertiary/aromatic N) is 3. The third kappa shape index (κ3) is 7.52. The first-order valence-corrected chi connectivity index (χ1v) is 10.8. The molecule has 1 aliphatic rings. The molecular weight excluding hydrogens is 376 g/mol. The highest BCUT2D eigenvalue weighted by Gasteiger charge is 2.21. The summed E-state index contributed by atoms with van der Waals surface area (Å²) in [7, 11) is 1.77. The van der Waals surface area contributed by atoms with Crippen molar-refractivity contribution in [3.63, 3.8) is 0 Å². The molecule has 6 nitrogen and oxygen atoms in total. The molecular formula is C24H34N4O2. The third-order valence-corrected chi connectivity index (χ3v) is 5.67. The summed E-state index contributed by atoms with van der Waals surface area (Å²) < 4.78 is 5.22. The fraction of sp³-hybridized carbons (Fsp3) is 0.500. The zero-order valence-electron chi connectivity index (χ0n) is 18.2. The molecule has 2 aromatic rings. The number of rotatable bonds is 10. The highest BCUT2D eigenvalue weighted by molar-refractivity contribution is 5.88. The molecule has 0 aliphatic carbocycles. The molecule has 1 aromatic carbocycles. The van der Waals surface area contributed by atoms with Crippen LogP contribution in [0.5, 0.6) is 0 Å². The predicted octanol–water partition coefficient (Wildman–Crippen LogP) is 3.40. The highest BCUT2D eigenvalue weighted by Crippen LogP contribution is 2.21. The maximum Gasteiger partial charge on any atom is 0.221 e. The minimum absolute atomic E-state index is 0.0427. The predicted molar refractivity (Wildman–Crippen MR) is 120 cm³/mol. The number of methoxy groups -OCH3 is 1. The fourth-order valence-electron chi connectivity index (χ4n) is 4.06. The van der Waals surface area contributed by atoms with Crippen molar-refractivity contribution >= 4 is 11.6 Å². The van der Waals surface area contributed by atoms with Gasteiger partial charge in [-0.2, -0.15) is 0 Å². The number of pyridine rings is 1. The number of carbonyl (C=O) groups excluding carboxylic acids is 1. The molecule has 0 atom stereocenters. The Bertz CT molecular complexity index is 759. The first-order valence-electron chi connectivity index (χ1n) is 10.8. The average molecular weight is 411 g/mol. The van der Waals surface area contributed by atoms with E-state index in [1.54, 1.807) is 7.11 Å². The molecule has 1 aliphatic heterocycles. The Morgan fingerprint density at radius 1 is 1.10 bits per heavy atom. The van der Waals surface area contributed by atoms with Gasteiger partial charge >= 0.3 is 0 Å². The van der Waals surface area contributed by atoms with Gasteiger partial charge in [-0.25, -0.2) is 0 Å². The van der Waals surface area contributed by atoms with E-state index in [1.807, 2.05) is 24.5 Å². The molecule has 162 valence electrons. The Kier molecular flexibility index (Phi) is 8.81. The minimum atomic E-state index is -0.0427. The van der Waals surface area contributed by atoms with Crippen molar-refractivity contribution in [2.75, 3.05) is 45.2 Å². The molecule has 0 saturated carbocycles. The van der Waals surface area contributed by atoms with Crippen LogP contribution in [-0.2, 0) is 22.6 Å². The molecule has 30 heavy (non-hydrogen) atoms. The van der Waals surface area contributed by atoms with Gasteiger partial charge in [0.2, 0.25) is 5.91 Å². The Balaban J connectivity index is 1.60. The van der Waals surface area contributed by atoms with Gasteiger partial charge in [0, 0.05) is 58.3 Å². The van der Waals surface area contributed by atoms with Crippen LogP contribution in [0.15, 0.2) is 48.8 Å². The first-order chi connectivity index (χ1) is 14.6. The van der Waals surface area contributed by atoms with Crippen LogP contribution < -0.4 is 5.32 Å². The van der Waals surface area contributed by atoms with E-state index >= 15 is 0 Å². The molecule has 3 rings (SSSR count). The maximum absolute atomic E-state index is 11.2. The lowest BCUT2D eigenvalue weighted by atomic mass is 9.95.